The molecule has 3 rings (SSSR count). The Bertz CT molecular complexity index is 1230. The van der Waals surface area contributed by atoms with Crippen LogP contribution in [0.15, 0.2) is 72.8 Å². The number of nitrogens with one attached hydrogen (secondary N) is 4. The molecule has 0 spiro atoms. The molecule has 3 aromatic carbocycles. The Morgan fingerprint density at radius 1 is 0.444 bits per heavy atom. The molecule has 0 aliphatic carbocycles. The molecular weight excluding hydrogens is 661 g/mol. The topological polar surface area (TPSA) is 100 Å². The third kappa shape index (κ3) is 19.3. The Labute approximate surface area is 331 Å². The highest BCUT2D eigenvalue weighted by molar-refractivity contribution is 5.73. The Morgan fingerprint density at radius 3 is 1.24 bits per heavy atom. The number of hydrogen-bond donors (Lipinski definition) is 6. The van der Waals surface area contributed by atoms with Gasteiger partial charge in [-0.15, -0.1) is 0 Å². The second-order valence-electron chi connectivity index (χ2n) is 15.9. The second kappa shape index (κ2) is 28.8. The van der Waals surface area contributed by atoms with Gasteiger partial charge in [-0.05, 0) is 155 Å². The van der Waals surface area contributed by atoms with Crippen molar-refractivity contribution in [1.82, 2.24) is 21.3 Å². The number of benzene rings is 3. The number of hydrogen-bond acceptors (Lipinski definition) is 6. The van der Waals surface area contributed by atoms with Crippen LogP contribution in [0.5, 0.6) is 0 Å². The fourth-order valence-corrected chi connectivity index (χ4v) is 7.36. The minimum Gasteiger partial charge on any atom is -0.327 e. The average Bonchev–Trinajstić information content (AvgIpc) is 3.19. The molecule has 0 saturated heterocycles. The smallest absolute Gasteiger partial charge is 0.00914 e. The fraction of sp³-hybridized carbons (Fsp3) is 0.625. The minimum absolute atomic E-state index is 0.166. The first-order valence-electron chi connectivity index (χ1n) is 22.1. The summed E-state index contributed by atoms with van der Waals surface area (Å²) in [6, 6.07) is 27.1. The molecule has 302 valence electrons. The molecule has 0 saturated carbocycles. The quantitative estimate of drug-likeness (QED) is 0.0358. The molecule has 54 heavy (non-hydrogen) atoms. The van der Waals surface area contributed by atoms with Crippen LogP contribution in [-0.4, -0.2) is 64.4 Å². The van der Waals surface area contributed by atoms with Crippen molar-refractivity contribution in [2.45, 2.75) is 130 Å². The molecule has 0 fully saturated rings. The van der Waals surface area contributed by atoms with Gasteiger partial charge in [-0.3, -0.25) is 0 Å². The standard InChI is InChI=1S/C48H80N6/c1-5-9-14-39(7-3)37-53-30-12-28-51-32-26-47(49)34-41-18-22-43(23-19-41)45-16-11-17-46(36-45)44-24-20-42(21-25-44)35-48(50)27-33-52-29-13-31-54-38-40(8-4)15-10-6-2/h11,16-25,36,39-40,47-48,51-54H,5-10,12-15,26-35,37-38,49-50H2,1-4H3. The lowest BCUT2D eigenvalue weighted by molar-refractivity contribution is 0.416. The van der Waals surface area contributed by atoms with Crippen molar-refractivity contribution in [1.29, 1.82) is 0 Å². The second-order valence-corrected chi connectivity index (χ2v) is 15.9. The van der Waals surface area contributed by atoms with E-state index in [1.807, 2.05) is 0 Å². The van der Waals surface area contributed by atoms with E-state index in [1.54, 1.807) is 0 Å². The average molecular weight is 741 g/mol. The molecule has 8 N–H and O–H groups in total. The summed E-state index contributed by atoms with van der Waals surface area (Å²) in [4.78, 5) is 0. The van der Waals surface area contributed by atoms with Crippen LogP contribution in [0.3, 0.4) is 0 Å². The van der Waals surface area contributed by atoms with Gasteiger partial charge in [-0.1, -0.05) is 133 Å². The molecule has 4 unspecified atom stereocenters. The van der Waals surface area contributed by atoms with Crippen molar-refractivity contribution in [2.75, 3.05) is 52.4 Å². The van der Waals surface area contributed by atoms with Crippen LogP contribution < -0.4 is 32.7 Å². The molecule has 3 aromatic rings. The number of nitrogens with two attached hydrogens (primary N) is 2. The zero-order chi connectivity index (χ0) is 38.6. The van der Waals surface area contributed by atoms with Gasteiger partial charge < -0.3 is 32.7 Å². The largest absolute Gasteiger partial charge is 0.327 e. The first kappa shape index (κ1) is 45.8. The maximum absolute atomic E-state index is 6.53. The Hall–Kier alpha value is -2.58. The van der Waals surface area contributed by atoms with Gasteiger partial charge in [0.2, 0.25) is 0 Å². The zero-order valence-corrected chi connectivity index (χ0v) is 34.9. The minimum atomic E-state index is 0.166. The monoisotopic (exact) mass is 741 g/mol. The van der Waals surface area contributed by atoms with Gasteiger partial charge in [-0.2, -0.15) is 0 Å². The van der Waals surface area contributed by atoms with Gasteiger partial charge in [0, 0.05) is 12.1 Å². The summed E-state index contributed by atoms with van der Waals surface area (Å²) in [6.07, 6.45) is 16.7. The van der Waals surface area contributed by atoms with Gasteiger partial charge >= 0.3 is 0 Å². The van der Waals surface area contributed by atoms with Gasteiger partial charge in [0.1, 0.15) is 0 Å². The van der Waals surface area contributed by atoms with E-state index in [0.29, 0.717) is 0 Å². The van der Waals surface area contributed by atoms with Gasteiger partial charge in [0.05, 0.1) is 0 Å². The van der Waals surface area contributed by atoms with Crippen LogP contribution in [0.2, 0.25) is 0 Å². The first-order chi connectivity index (χ1) is 26.4. The Balaban J connectivity index is 1.31. The lowest BCUT2D eigenvalue weighted by atomic mass is 9.96. The number of unbranched alkanes of at least 4 members (excludes halogenated alkanes) is 2. The molecule has 0 radical (unpaired) electrons. The predicted molar refractivity (Wildman–Crippen MR) is 237 cm³/mol. The lowest BCUT2D eigenvalue weighted by Gasteiger charge is -2.16. The van der Waals surface area contributed by atoms with Crippen LogP contribution in [0, 0.1) is 11.8 Å². The fourth-order valence-electron chi connectivity index (χ4n) is 7.36. The summed E-state index contributed by atoms with van der Waals surface area (Å²) < 4.78 is 0. The van der Waals surface area contributed by atoms with Gasteiger partial charge in [-0.25, -0.2) is 0 Å². The van der Waals surface area contributed by atoms with E-state index < -0.39 is 0 Å². The molecule has 0 amide bonds. The van der Waals surface area contributed by atoms with Crippen LogP contribution in [0.25, 0.3) is 22.3 Å². The van der Waals surface area contributed by atoms with Crippen molar-refractivity contribution in [2.24, 2.45) is 23.3 Å². The normalized spacial score (nSPS) is 13.9. The highest BCUT2D eigenvalue weighted by Gasteiger charge is 2.09. The Morgan fingerprint density at radius 2 is 0.852 bits per heavy atom. The van der Waals surface area contributed by atoms with Crippen LogP contribution in [0.4, 0.5) is 0 Å². The highest BCUT2D eigenvalue weighted by atomic mass is 14.9. The number of rotatable bonds is 32. The highest BCUT2D eigenvalue weighted by Crippen LogP contribution is 2.27. The molecule has 0 heterocycles. The molecular formula is C48H80N6. The first-order valence-corrected chi connectivity index (χ1v) is 22.1. The van der Waals surface area contributed by atoms with E-state index in [9.17, 15) is 0 Å². The third-order valence-electron chi connectivity index (χ3n) is 11.2. The van der Waals surface area contributed by atoms with Crippen LogP contribution >= 0.6 is 0 Å². The summed E-state index contributed by atoms with van der Waals surface area (Å²) in [5, 5.41) is 14.5. The molecule has 0 aliphatic rings. The zero-order valence-electron chi connectivity index (χ0n) is 34.9. The summed E-state index contributed by atoms with van der Waals surface area (Å²) in [7, 11) is 0. The summed E-state index contributed by atoms with van der Waals surface area (Å²) >= 11 is 0. The van der Waals surface area contributed by atoms with Crippen molar-refractivity contribution in [3.63, 3.8) is 0 Å². The molecule has 0 aliphatic heterocycles. The molecule has 0 aromatic heterocycles. The molecule has 6 nitrogen and oxygen atoms in total. The van der Waals surface area contributed by atoms with Crippen LogP contribution in [0.1, 0.15) is 116 Å². The Kier molecular flexibility index (Phi) is 24.4. The van der Waals surface area contributed by atoms with Crippen molar-refractivity contribution in [3.8, 4) is 22.3 Å². The molecule has 0 bridgehead atoms. The van der Waals surface area contributed by atoms with E-state index in [-0.39, 0.29) is 12.1 Å². The molecule has 6 heteroatoms. The van der Waals surface area contributed by atoms with Gasteiger partial charge in [0.25, 0.3) is 0 Å². The molecule has 4 atom stereocenters. The summed E-state index contributed by atoms with van der Waals surface area (Å²) in [6.45, 7) is 17.7. The predicted octanol–water partition coefficient (Wildman–Crippen LogP) is 9.11. The van der Waals surface area contributed by atoms with Gasteiger partial charge in [0.15, 0.2) is 0 Å². The maximum atomic E-state index is 6.53. The van der Waals surface area contributed by atoms with E-state index in [1.165, 1.54) is 84.7 Å². The van der Waals surface area contributed by atoms with E-state index in [4.69, 9.17) is 11.5 Å². The van der Waals surface area contributed by atoms with E-state index in [0.717, 1.165) is 103 Å². The summed E-state index contributed by atoms with van der Waals surface area (Å²) in [5.74, 6) is 1.66. The van der Waals surface area contributed by atoms with Crippen molar-refractivity contribution < 1.29 is 0 Å². The van der Waals surface area contributed by atoms with E-state index >= 15 is 0 Å². The SMILES string of the molecule is CCCCC(CC)CNCCCNCCC(N)Cc1ccc(-c2cccc(-c3ccc(CC(N)CCNCCCNCC(CC)CCCC)cc3)c2)cc1. The van der Waals surface area contributed by atoms with E-state index in [2.05, 4.69) is 122 Å². The lowest BCUT2D eigenvalue weighted by Crippen LogP contribution is -2.30. The maximum Gasteiger partial charge on any atom is 0.00914 e. The van der Waals surface area contributed by atoms with Crippen LogP contribution in [-0.2, 0) is 12.8 Å². The van der Waals surface area contributed by atoms with Crippen molar-refractivity contribution >= 4 is 0 Å². The summed E-state index contributed by atoms with van der Waals surface area (Å²) in [5.41, 5.74) is 20.6. The van der Waals surface area contributed by atoms with Crippen molar-refractivity contribution in [3.05, 3.63) is 83.9 Å². The third-order valence-corrected chi connectivity index (χ3v) is 11.2.